The van der Waals surface area contributed by atoms with Crippen molar-refractivity contribution in [2.75, 3.05) is 26.2 Å². The van der Waals surface area contributed by atoms with Crippen molar-refractivity contribution in [2.45, 2.75) is 38.6 Å². The van der Waals surface area contributed by atoms with Gasteiger partial charge in [-0.3, -0.25) is 9.59 Å². The van der Waals surface area contributed by atoms with Crippen LogP contribution in [0.15, 0.2) is 0 Å². The van der Waals surface area contributed by atoms with Gasteiger partial charge in [0.1, 0.15) is 0 Å². The molecule has 2 aliphatic rings. The third kappa shape index (κ3) is 2.83. The minimum absolute atomic E-state index is 0.00243. The molecule has 2 atom stereocenters. The van der Waals surface area contributed by atoms with Gasteiger partial charge in [0.15, 0.2) is 0 Å². The molecule has 1 saturated heterocycles. The molecule has 0 spiro atoms. The number of amides is 2. The van der Waals surface area contributed by atoms with Crippen molar-refractivity contribution in [1.82, 2.24) is 9.80 Å². The smallest absolute Gasteiger partial charge is 0.227 e. The van der Waals surface area contributed by atoms with Crippen LogP contribution in [0.4, 0.5) is 0 Å². The number of carbonyl (C=O) groups excluding carboxylic acids is 2. The van der Waals surface area contributed by atoms with Crippen LogP contribution in [-0.4, -0.2) is 53.8 Å². The Labute approximate surface area is 108 Å². The Balaban J connectivity index is 1.88. The summed E-state index contributed by atoms with van der Waals surface area (Å²) in [5, 5.41) is 0. The van der Waals surface area contributed by atoms with Crippen molar-refractivity contribution in [1.29, 1.82) is 0 Å². The summed E-state index contributed by atoms with van der Waals surface area (Å²) in [5.74, 6) is 0.296. The van der Waals surface area contributed by atoms with E-state index in [1.807, 2.05) is 4.90 Å². The molecule has 2 fully saturated rings. The fourth-order valence-corrected chi connectivity index (χ4v) is 2.94. The largest absolute Gasteiger partial charge is 0.339 e. The van der Waals surface area contributed by atoms with Crippen LogP contribution in [0, 0.1) is 5.92 Å². The fourth-order valence-electron chi connectivity index (χ4n) is 2.94. The van der Waals surface area contributed by atoms with Gasteiger partial charge in [-0.05, 0) is 12.8 Å². The summed E-state index contributed by atoms with van der Waals surface area (Å²) in [6.07, 6.45) is 4.14. The number of nitrogens with two attached hydrogens (primary N) is 1. The van der Waals surface area contributed by atoms with E-state index >= 15 is 0 Å². The van der Waals surface area contributed by atoms with Crippen molar-refractivity contribution in [3.63, 3.8) is 0 Å². The molecule has 0 aromatic rings. The molecule has 102 valence electrons. The van der Waals surface area contributed by atoms with Crippen LogP contribution in [-0.2, 0) is 9.59 Å². The quantitative estimate of drug-likeness (QED) is 0.725. The molecule has 2 unspecified atom stereocenters. The van der Waals surface area contributed by atoms with E-state index in [9.17, 15) is 9.59 Å². The molecular formula is C13H23N3O2. The van der Waals surface area contributed by atoms with Crippen LogP contribution in [0.5, 0.6) is 0 Å². The van der Waals surface area contributed by atoms with E-state index in [2.05, 4.69) is 0 Å². The number of rotatable bonds is 1. The summed E-state index contributed by atoms with van der Waals surface area (Å²) in [6, 6.07) is 0.0251. The number of piperazine rings is 1. The van der Waals surface area contributed by atoms with E-state index in [4.69, 9.17) is 5.73 Å². The van der Waals surface area contributed by atoms with Crippen LogP contribution >= 0.6 is 0 Å². The Morgan fingerprint density at radius 1 is 1.00 bits per heavy atom. The van der Waals surface area contributed by atoms with Gasteiger partial charge in [0.05, 0.1) is 5.92 Å². The molecule has 0 aromatic carbocycles. The summed E-state index contributed by atoms with van der Waals surface area (Å²) in [5.41, 5.74) is 6.05. The van der Waals surface area contributed by atoms with E-state index in [0.29, 0.717) is 26.2 Å². The lowest BCUT2D eigenvalue weighted by molar-refractivity contribution is -0.142. The first-order valence-corrected chi connectivity index (χ1v) is 6.89. The highest BCUT2D eigenvalue weighted by Gasteiger charge is 2.33. The standard InChI is InChI=1S/C13H23N3O2/c1-10(17)15-6-8-16(9-7-15)13(18)11-4-2-3-5-12(11)14/h11-12H,2-9,14H2,1H3. The first-order valence-electron chi connectivity index (χ1n) is 6.89. The maximum absolute atomic E-state index is 12.4. The number of hydrogen-bond donors (Lipinski definition) is 1. The highest BCUT2D eigenvalue weighted by atomic mass is 16.2. The van der Waals surface area contributed by atoms with Gasteiger partial charge < -0.3 is 15.5 Å². The van der Waals surface area contributed by atoms with E-state index in [0.717, 1.165) is 25.7 Å². The highest BCUT2D eigenvalue weighted by molar-refractivity contribution is 5.80. The van der Waals surface area contributed by atoms with Gasteiger partial charge in [-0.25, -0.2) is 0 Å². The summed E-state index contributed by atoms with van der Waals surface area (Å²) in [6.45, 7) is 4.20. The molecule has 1 heterocycles. The molecular weight excluding hydrogens is 230 g/mol. The second-order valence-corrected chi connectivity index (χ2v) is 5.39. The first-order chi connectivity index (χ1) is 8.59. The number of hydrogen-bond acceptors (Lipinski definition) is 3. The Kier molecular flexibility index (Phi) is 4.22. The van der Waals surface area contributed by atoms with Crippen LogP contribution in [0.1, 0.15) is 32.6 Å². The van der Waals surface area contributed by atoms with Gasteiger partial charge in [0, 0.05) is 39.1 Å². The monoisotopic (exact) mass is 253 g/mol. The number of carbonyl (C=O) groups is 2. The molecule has 0 radical (unpaired) electrons. The summed E-state index contributed by atoms with van der Waals surface area (Å²) in [4.78, 5) is 27.3. The maximum Gasteiger partial charge on any atom is 0.227 e. The lowest BCUT2D eigenvalue weighted by atomic mass is 9.84. The molecule has 2 amide bonds. The second-order valence-electron chi connectivity index (χ2n) is 5.39. The SMILES string of the molecule is CC(=O)N1CCN(C(=O)C2CCCCC2N)CC1. The molecule has 2 N–H and O–H groups in total. The van der Waals surface area contributed by atoms with Crippen molar-refractivity contribution in [3.05, 3.63) is 0 Å². The van der Waals surface area contributed by atoms with Crippen LogP contribution in [0.3, 0.4) is 0 Å². The van der Waals surface area contributed by atoms with Crippen LogP contribution in [0.25, 0.3) is 0 Å². The van der Waals surface area contributed by atoms with Crippen molar-refractivity contribution in [2.24, 2.45) is 11.7 Å². The molecule has 5 heteroatoms. The summed E-state index contributed by atoms with van der Waals surface area (Å²) in [7, 11) is 0. The topological polar surface area (TPSA) is 66.6 Å². The van der Waals surface area contributed by atoms with Gasteiger partial charge >= 0.3 is 0 Å². The summed E-state index contributed by atoms with van der Waals surface area (Å²) >= 11 is 0. The average Bonchev–Trinajstić information content (AvgIpc) is 2.38. The molecule has 0 aromatic heterocycles. The molecule has 2 rings (SSSR count). The Hall–Kier alpha value is -1.10. The van der Waals surface area contributed by atoms with Gasteiger partial charge in [0.2, 0.25) is 11.8 Å². The molecule has 1 aliphatic heterocycles. The van der Waals surface area contributed by atoms with Gasteiger partial charge in [0.25, 0.3) is 0 Å². The van der Waals surface area contributed by atoms with E-state index in [1.54, 1.807) is 11.8 Å². The zero-order valence-corrected chi connectivity index (χ0v) is 11.1. The van der Waals surface area contributed by atoms with E-state index in [1.165, 1.54) is 0 Å². The Bertz CT molecular complexity index is 324. The molecule has 1 aliphatic carbocycles. The molecule has 5 nitrogen and oxygen atoms in total. The van der Waals surface area contributed by atoms with Crippen molar-refractivity contribution >= 4 is 11.8 Å². The minimum atomic E-state index is 0.00243. The lowest BCUT2D eigenvalue weighted by Crippen LogP contribution is -2.54. The first kappa shape index (κ1) is 13.3. The van der Waals surface area contributed by atoms with E-state index in [-0.39, 0.29) is 23.8 Å². The third-order valence-corrected chi connectivity index (χ3v) is 4.17. The predicted molar refractivity (Wildman–Crippen MR) is 68.8 cm³/mol. The number of nitrogens with zero attached hydrogens (tertiary/aromatic N) is 2. The fraction of sp³-hybridized carbons (Fsp3) is 0.846. The van der Waals surface area contributed by atoms with Crippen molar-refractivity contribution in [3.8, 4) is 0 Å². The Morgan fingerprint density at radius 3 is 2.11 bits per heavy atom. The lowest BCUT2D eigenvalue weighted by Gasteiger charge is -2.38. The van der Waals surface area contributed by atoms with Crippen LogP contribution in [0.2, 0.25) is 0 Å². The third-order valence-electron chi connectivity index (χ3n) is 4.17. The zero-order valence-electron chi connectivity index (χ0n) is 11.1. The van der Waals surface area contributed by atoms with Crippen molar-refractivity contribution < 1.29 is 9.59 Å². The maximum atomic E-state index is 12.4. The molecule has 18 heavy (non-hydrogen) atoms. The second kappa shape index (κ2) is 5.69. The molecule has 1 saturated carbocycles. The minimum Gasteiger partial charge on any atom is -0.339 e. The molecule has 0 bridgehead atoms. The van der Waals surface area contributed by atoms with E-state index < -0.39 is 0 Å². The Morgan fingerprint density at radius 2 is 1.56 bits per heavy atom. The van der Waals surface area contributed by atoms with Gasteiger partial charge in [-0.15, -0.1) is 0 Å². The van der Waals surface area contributed by atoms with Gasteiger partial charge in [-0.1, -0.05) is 12.8 Å². The highest BCUT2D eigenvalue weighted by Crippen LogP contribution is 2.25. The summed E-state index contributed by atoms with van der Waals surface area (Å²) < 4.78 is 0. The predicted octanol–water partition coefficient (Wildman–Crippen LogP) is 0.195. The zero-order chi connectivity index (χ0) is 13.1. The average molecular weight is 253 g/mol. The van der Waals surface area contributed by atoms with Crippen LogP contribution < -0.4 is 5.73 Å². The normalized spacial score (nSPS) is 29.2. The van der Waals surface area contributed by atoms with Gasteiger partial charge in [-0.2, -0.15) is 0 Å².